The summed E-state index contributed by atoms with van der Waals surface area (Å²) in [5, 5.41) is 3.02. The summed E-state index contributed by atoms with van der Waals surface area (Å²) in [5.74, 6) is 0.231. The number of imidazole rings is 1. The van der Waals surface area contributed by atoms with Crippen LogP contribution in [0.5, 0.6) is 0 Å². The highest BCUT2D eigenvalue weighted by Crippen LogP contribution is 2.25. The zero-order valence-corrected chi connectivity index (χ0v) is 16.0. The van der Waals surface area contributed by atoms with Crippen LogP contribution in [0.15, 0.2) is 73.2 Å². The summed E-state index contributed by atoms with van der Waals surface area (Å²) >= 11 is 0. The van der Waals surface area contributed by atoms with E-state index in [2.05, 4.69) is 35.2 Å². The first-order valence-electron chi connectivity index (χ1n) is 9.38. The lowest BCUT2D eigenvalue weighted by Gasteiger charge is -2.15. The lowest BCUT2D eigenvalue weighted by atomic mass is 9.99. The Balaban J connectivity index is 1.73. The lowest BCUT2D eigenvalue weighted by Crippen LogP contribution is -2.24. The Morgan fingerprint density at radius 1 is 1.04 bits per heavy atom. The number of carbonyl (C=O) groups excluding carboxylic acids is 1. The molecule has 0 saturated heterocycles. The average Bonchev–Trinajstić information content (AvgIpc) is 3.16. The van der Waals surface area contributed by atoms with Crippen molar-refractivity contribution >= 4 is 17.1 Å². The topological polar surface area (TPSA) is 59.8 Å². The van der Waals surface area contributed by atoms with Crippen LogP contribution in [0, 0.1) is 0 Å². The number of hydrogen-bond donors (Lipinski definition) is 1. The largest absolute Gasteiger partial charge is 0.348 e. The summed E-state index contributed by atoms with van der Waals surface area (Å²) in [6, 6.07) is 19.6. The van der Waals surface area contributed by atoms with Gasteiger partial charge < -0.3 is 5.32 Å². The van der Waals surface area contributed by atoms with Gasteiger partial charge in [0, 0.05) is 12.7 Å². The zero-order valence-electron chi connectivity index (χ0n) is 16.0. The normalized spacial score (nSPS) is 11.1. The fourth-order valence-electron chi connectivity index (χ4n) is 3.20. The number of amides is 1. The summed E-state index contributed by atoms with van der Waals surface area (Å²) < 4.78 is 1.89. The molecule has 2 heterocycles. The number of nitrogens with one attached hydrogen (secondary N) is 1. The summed E-state index contributed by atoms with van der Waals surface area (Å²) in [6.45, 7) is 4.75. The van der Waals surface area contributed by atoms with Gasteiger partial charge in [0.1, 0.15) is 11.8 Å². The van der Waals surface area contributed by atoms with Crippen molar-refractivity contribution in [3.63, 3.8) is 0 Å². The molecule has 1 amide bonds. The molecule has 0 saturated carbocycles. The van der Waals surface area contributed by atoms with Crippen LogP contribution in [0.1, 0.15) is 41.3 Å². The summed E-state index contributed by atoms with van der Waals surface area (Å²) in [6.07, 6.45) is 3.47. The maximum atomic E-state index is 13.0. The third kappa shape index (κ3) is 3.51. The lowest BCUT2D eigenvalue weighted by molar-refractivity contribution is 0.0951. The van der Waals surface area contributed by atoms with Crippen LogP contribution in [0.3, 0.4) is 0 Å². The molecule has 0 spiro atoms. The van der Waals surface area contributed by atoms with Gasteiger partial charge in [-0.25, -0.2) is 9.97 Å². The van der Waals surface area contributed by atoms with E-state index >= 15 is 0 Å². The van der Waals surface area contributed by atoms with E-state index in [0.29, 0.717) is 18.0 Å². The second-order valence-electron chi connectivity index (χ2n) is 7.06. The minimum absolute atomic E-state index is 0.119. The molecule has 0 aliphatic rings. The number of pyridine rings is 1. The predicted molar refractivity (Wildman–Crippen MR) is 111 cm³/mol. The Labute approximate surface area is 164 Å². The van der Waals surface area contributed by atoms with E-state index in [1.54, 1.807) is 12.5 Å². The minimum Gasteiger partial charge on any atom is -0.348 e. The average molecular weight is 370 g/mol. The first kappa shape index (κ1) is 17.9. The Bertz CT molecular complexity index is 1120. The molecule has 0 aliphatic heterocycles. The standard InChI is InChI=1S/C23H22N4O/c1-16(2)18-10-11-19(23(28)25-14-17-7-4-3-5-8-17)21(13-18)27-15-26-20-9-6-12-24-22(20)27/h3-13,15-16H,14H2,1-2H3,(H,25,28). The molecule has 2 aromatic heterocycles. The first-order valence-corrected chi connectivity index (χ1v) is 9.38. The highest BCUT2D eigenvalue weighted by molar-refractivity contribution is 5.98. The molecule has 2 aromatic carbocycles. The quantitative estimate of drug-likeness (QED) is 0.564. The van der Waals surface area contributed by atoms with E-state index in [0.717, 1.165) is 28.0 Å². The molecule has 0 atom stereocenters. The molecular weight excluding hydrogens is 348 g/mol. The van der Waals surface area contributed by atoms with E-state index in [1.807, 2.05) is 59.2 Å². The molecule has 1 N–H and O–H groups in total. The van der Waals surface area contributed by atoms with E-state index in [4.69, 9.17) is 0 Å². The van der Waals surface area contributed by atoms with E-state index in [-0.39, 0.29) is 5.91 Å². The molecule has 140 valence electrons. The highest BCUT2D eigenvalue weighted by Gasteiger charge is 2.17. The van der Waals surface area contributed by atoms with Crippen LogP contribution in [0.2, 0.25) is 0 Å². The highest BCUT2D eigenvalue weighted by atomic mass is 16.1. The van der Waals surface area contributed by atoms with Gasteiger partial charge in [-0.1, -0.05) is 50.2 Å². The summed E-state index contributed by atoms with van der Waals surface area (Å²) in [7, 11) is 0. The fraction of sp³-hybridized carbons (Fsp3) is 0.174. The number of nitrogens with zero attached hydrogens (tertiary/aromatic N) is 3. The third-order valence-corrected chi connectivity index (χ3v) is 4.80. The molecule has 4 aromatic rings. The molecule has 4 rings (SSSR count). The van der Waals surface area contributed by atoms with Crippen molar-refractivity contribution in [3.8, 4) is 5.69 Å². The monoisotopic (exact) mass is 370 g/mol. The number of benzene rings is 2. The smallest absolute Gasteiger partial charge is 0.253 e. The van der Waals surface area contributed by atoms with Crippen LogP contribution in [-0.4, -0.2) is 20.4 Å². The van der Waals surface area contributed by atoms with Crippen molar-refractivity contribution in [2.24, 2.45) is 0 Å². The van der Waals surface area contributed by atoms with Crippen LogP contribution in [0.4, 0.5) is 0 Å². The molecular formula is C23H22N4O. The van der Waals surface area contributed by atoms with E-state index < -0.39 is 0 Å². The van der Waals surface area contributed by atoms with Gasteiger partial charge in [-0.2, -0.15) is 0 Å². The van der Waals surface area contributed by atoms with Crippen molar-refractivity contribution in [2.75, 3.05) is 0 Å². The molecule has 0 bridgehead atoms. The van der Waals surface area contributed by atoms with Crippen LogP contribution in [-0.2, 0) is 6.54 Å². The van der Waals surface area contributed by atoms with Crippen molar-refractivity contribution in [3.05, 3.63) is 89.9 Å². The first-order chi connectivity index (χ1) is 13.6. The molecule has 0 aliphatic carbocycles. The van der Waals surface area contributed by atoms with E-state index in [1.165, 1.54) is 0 Å². The molecule has 0 unspecified atom stereocenters. The SMILES string of the molecule is CC(C)c1ccc(C(=O)NCc2ccccc2)c(-n2cnc3cccnc32)c1. The van der Waals surface area contributed by atoms with Gasteiger partial charge >= 0.3 is 0 Å². The molecule has 0 radical (unpaired) electrons. The van der Waals surface area contributed by atoms with Gasteiger partial charge in [0.2, 0.25) is 0 Å². The van der Waals surface area contributed by atoms with Crippen LogP contribution >= 0.6 is 0 Å². The molecule has 5 heteroatoms. The molecule has 28 heavy (non-hydrogen) atoms. The second kappa shape index (κ2) is 7.64. The Hall–Kier alpha value is -3.47. The zero-order chi connectivity index (χ0) is 19.5. The van der Waals surface area contributed by atoms with Crippen molar-refractivity contribution < 1.29 is 4.79 Å². The van der Waals surface area contributed by atoms with Crippen LogP contribution < -0.4 is 5.32 Å². The van der Waals surface area contributed by atoms with Crippen molar-refractivity contribution in [2.45, 2.75) is 26.3 Å². The van der Waals surface area contributed by atoms with Gasteiger partial charge in [0.15, 0.2) is 5.65 Å². The predicted octanol–water partition coefficient (Wildman–Crippen LogP) is 4.47. The van der Waals surface area contributed by atoms with Crippen LogP contribution in [0.25, 0.3) is 16.9 Å². The van der Waals surface area contributed by atoms with Crippen molar-refractivity contribution in [1.29, 1.82) is 0 Å². The van der Waals surface area contributed by atoms with Gasteiger partial charge in [0.05, 0.1) is 11.3 Å². The maximum absolute atomic E-state index is 13.0. The van der Waals surface area contributed by atoms with Gasteiger partial charge in [0.25, 0.3) is 5.91 Å². The van der Waals surface area contributed by atoms with E-state index in [9.17, 15) is 4.79 Å². The third-order valence-electron chi connectivity index (χ3n) is 4.80. The van der Waals surface area contributed by atoms with Gasteiger partial charge in [-0.3, -0.25) is 9.36 Å². The summed E-state index contributed by atoms with van der Waals surface area (Å²) in [4.78, 5) is 21.9. The fourth-order valence-corrected chi connectivity index (χ4v) is 3.20. The number of fused-ring (bicyclic) bond motifs is 1. The maximum Gasteiger partial charge on any atom is 0.253 e. The number of rotatable bonds is 5. The number of hydrogen-bond acceptors (Lipinski definition) is 3. The second-order valence-corrected chi connectivity index (χ2v) is 7.06. The Kier molecular flexibility index (Phi) is 4.89. The van der Waals surface area contributed by atoms with Gasteiger partial charge in [-0.05, 0) is 41.3 Å². The Morgan fingerprint density at radius 3 is 2.64 bits per heavy atom. The summed E-state index contributed by atoms with van der Waals surface area (Å²) in [5.41, 5.74) is 5.15. The number of aromatic nitrogens is 3. The molecule has 0 fully saturated rings. The Morgan fingerprint density at radius 2 is 1.86 bits per heavy atom. The minimum atomic E-state index is -0.119. The van der Waals surface area contributed by atoms with Crippen molar-refractivity contribution in [1.82, 2.24) is 19.9 Å². The molecule has 5 nitrogen and oxygen atoms in total. The number of carbonyl (C=O) groups is 1. The van der Waals surface area contributed by atoms with Gasteiger partial charge in [-0.15, -0.1) is 0 Å².